The highest BCUT2D eigenvalue weighted by Crippen LogP contribution is 2.31. The van der Waals surface area contributed by atoms with E-state index in [2.05, 4.69) is 0 Å². The summed E-state index contributed by atoms with van der Waals surface area (Å²) in [6.07, 6.45) is 0.620. The molecule has 110 valence electrons. The standard InChI is InChI=1S/C16H18N2O3/c17-14-5-6-15(13-4-2-1-3-12(13)14)21-11-7-9-18(10-8-11)16(19)20/h1-6,11H,7-10,17H2,(H,19,20). The van der Waals surface area contributed by atoms with Crippen molar-refractivity contribution in [1.82, 2.24) is 4.90 Å². The number of piperidine rings is 1. The monoisotopic (exact) mass is 286 g/mol. The number of nitrogen functional groups attached to an aromatic ring is 1. The van der Waals surface area contributed by atoms with Crippen LogP contribution < -0.4 is 10.5 Å². The molecule has 5 heteroatoms. The molecule has 3 N–H and O–H groups in total. The van der Waals surface area contributed by atoms with Crippen molar-refractivity contribution in [2.45, 2.75) is 18.9 Å². The van der Waals surface area contributed by atoms with Crippen molar-refractivity contribution in [2.75, 3.05) is 18.8 Å². The summed E-state index contributed by atoms with van der Waals surface area (Å²) in [6, 6.07) is 11.6. The first-order valence-electron chi connectivity index (χ1n) is 7.07. The van der Waals surface area contributed by atoms with Crippen LogP contribution in [0.2, 0.25) is 0 Å². The van der Waals surface area contributed by atoms with Crippen molar-refractivity contribution in [2.24, 2.45) is 0 Å². The topological polar surface area (TPSA) is 75.8 Å². The van der Waals surface area contributed by atoms with Crippen molar-refractivity contribution >= 4 is 22.6 Å². The number of anilines is 1. The minimum atomic E-state index is -0.855. The molecule has 0 aliphatic carbocycles. The lowest BCUT2D eigenvalue weighted by molar-refractivity contribution is 0.0902. The highest BCUT2D eigenvalue weighted by molar-refractivity contribution is 5.97. The lowest BCUT2D eigenvalue weighted by atomic mass is 10.1. The molecule has 0 atom stereocenters. The Kier molecular flexibility index (Phi) is 3.56. The molecule has 0 saturated carbocycles. The summed E-state index contributed by atoms with van der Waals surface area (Å²) in [5.74, 6) is 0.813. The van der Waals surface area contributed by atoms with Crippen LogP contribution in [0.1, 0.15) is 12.8 Å². The number of carboxylic acid groups (broad SMARTS) is 1. The Hall–Kier alpha value is -2.43. The fourth-order valence-corrected chi connectivity index (χ4v) is 2.74. The molecule has 1 aliphatic heterocycles. The Morgan fingerprint density at radius 1 is 1.14 bits per heavy atom. The number of benzene rings is 2. The fourth-order valence-electron chi connectivity index (χ4n) is 2.74. The maximum Gasteiger partial charge on any atom is 0.407 e. The average Bonchev–Trinajstić information content (AvgIpc) is 2.51. The zero-order valence-corrected chi connectivity index (χ0v) is 11.7. The SMILES string of the molecule is Nc1ccc(OC2CCN(C(=O)O)CC2)c2ccccc12. The van der Waals surface area contributed by atoms with Crippen LogP contribution in [0.15, 0.2) is 36.4 Å². The van der Waals surface area contributed by atoms with Gasteiger partial charge in [-0.1, -0.05) is 24.3 Å². The maximum atomic E-state index is 10.9. The Balaban J connectivity index is 1.77. The van der Waals surface area contributed by atoms with Crippen molar-refractivity contribution in [3.8, 4) is 5.75 Å². The minimum absolute atomic E-state index is 0.0487. The van der Waals surface area contributed by atoms with Crippen molar-refractivity contribution < 1.29 is 14.6 Å². The molecule has 2 aromatic rings. The van der Waals surface area contributed by atoms with Gasteiger partial charge in [0, 0.05) is 42.4 Å². The highest BCUT2D eigenvalue weighted by Gasteiger charge is 2.23. The van der Waals surface area contributed by atoms with E-state index in [0.29, 0.717) is 25.9 Å². The van der Waals surface area contributed by atoms with Gasteiger partial charge in [-0.2, -0.15) is 0 Å². The minimum Gasteiger partial charge on any atom is -0.490 e. The number of hydrogen-bond donors (Lipinski definition) is 2. The van der Waals surface area contributed by atoms with Gasteiger partial charge in [0.1, 0.15) is 11.9 Å². The second kappa shape index (κ2) is 5.52. The van der Waals surface area contributed by atoms with Crippen LogP contribution in [0.4, 0.5) is 10.5 Å². The second-order valence-corrected chi connectivity index (χ2v) is 5.29. The van der Waals surface area contributed by atoms with Crippen LogP contribution in [-0.2, 0) is 0 Å². The van der Waals surface area contributed by atoms with E-state index in [9.17, 15) is 4.79 Å². The number of carbonyl (C=O) groups is 1. The third kappa shape index (κ3) is 2.72. The molecule has 5 nitrogen and oxygen atoms in total. The molecule has 21 heavy (non-hydrogen) atoms. The van der Waals surface area contributed by atoms with Crippen molar-refractivity contribution in [3.63, 3.8) is 0 Å². The van der Waals surface area contributed by atoms with E-state index in [1.807, 2.05) is 36.4 Å². The third-order valence-corrected chi connectivity index (χ3v) is 3.92. The summed E-state index contributed by atoms with van der Waals surface area (Å²) >= 11 is 0. The molecule has 1 amide bonds. The van der Waals surface area contributed by atoms with Crippen LogP contribution >= 0.6 is 0 Å². The number of likely N-dealkylation sites (tertiary alicyclic amines) is 1. The summed E-state index contributed by atoms with van der Waals surface area (Å²) in [4.78, 5) is 12.3. The number of ether oxygens (including phenoxy) is 1. The van der Waals surface area contributed by atoms with Gasteiger partial charge in [-0.05, 0) is 12.1 Å². The zero-order chi connectivity index (χ0) is 14.8. The van der Waals surface area contributed by atoms with E-state index in [0.717, 1.165) is 22.2 Å². The first kappa shape index (κ1) is 13.5. The average molecular weight is 286 g/mol. The molecule has 1 fully saturated rings. The van der Waals surface area contributed by atoms with E-state index in [1.54, 1.807) is 0 Å². The number of rotatable bonds is 2. The Morgan fingerprint density at radius 3 is 2.48 bits per heavy atom. The van der Waals surface area contributed by atoms with Gasteiger partial charge < -0.3 is 20.5 Å². The fraction of sp³-hybridized carbons (Fsp3) is 0.312. The van der Waals surface area contributed by atoms with Gasteiger partial charge in [-0.25, -0.2) is 4.79 Å². The zero-order valence-electron chi connectivity index (χ0n) is 11.7. The molecular formula is C16H18N2O3. The van der Waals surface area contributed by atoms with Gasteiger partial charge >= 0.3 is 6.09 Å². The second-order valence-electron chi connectivity index (χ2n) is 5.29. The largest absolute Gasteiger partial charge is 0.490 e. The molecule has 0 aromatic heterocycles. The number of nitrogens with zero attached hydrogens (tertiary/aromatic N) is 1. The Labute approximate surface area is 122 Å². The van der Waals surface area contributed by atoms with E-state index in [1.165, 1.54) is 4.90 Å². The smallest absolute Gasteiger partial charge is 0.407 e. The van der Waals surface area contributed by atoms with Crippen LogP contribution in [0.25, 0.3) is 10.8 Å². The summed E-state index contributed by atoms with van der Waals surface area (Å²) in [7, 11) is 0. The molecule has 3 rings (SSSR count). The van der Waals surface area contributed by atoms with Gasteiger partial charge in [0.25, 0.3) is 0 Å². The van der Waals surface area contributed by atoms with Gasteiger partial charge in [0.05, 0.1) is 0 Å². The first-order valence-corrected chi connectivity index (χ1v) is 7.07. The van der Waals surface area contributed by atoms with Crippen molar-refractivity contribution in [1.29, 1.82) is 0 Å². The molecule has 2 aromatic carbocycles. The van der Waals surface area contributed by atoms with E-state index >= 15 is 0 Å². The first-order chi connectivity index (χ1) is 10.1. The molecule has 1 aliphatic rings. The molecule has 0 unspecified atom stereocenters. The third-order valence-electron chi connectivity index (χ3n) is 3.92. The molecule has 1 saturated heterocycles. The van der Waals surface area contributed by atoms with E-state index in [-0.39, 0.29) is 6.10 Å². The van der Waals surface area contributed by atoms with Crippen LogP contribution in [0.5, 0.6) is 5.75 Å². The van der Waals surface area contributed by atoms with Crippen LogP contribution in [0, 0.1) is 0 Å². The van der Waals surface area contributed by atoms with E-state index in [4.69, 9.17) is 15.6 Å². The Bertz CT molecular complexity index is 664. The van der Waals surface area contributed by atoms with Crippen LogP contribution in [-0.4, -0.2) is 35.3 Å². The van der Waals surface area contributed by atoms with E-state index < -0.39 is 6.09 Å². The van der Waals surface area contributed by atoms with Crippen LogP contribution in [0.3, 0.4) is 0 Å². The predicted molar refractivity (Wildman–Crippen MR) is 81.6 cm³/mol. The molecule has 0 bridgehead atoms. The quantitative estimate of drug-likeness (QED) is 0.832. The van der Waals surface area contributed by atoms with Gasteiger partial charge in [-0.15, -0.1) is 0 Å². The lowest BCUT2D eigenvalue weighted by Crippen LogP contribution is -2.41. The maximum absolute atomic E-state index is 10.9. The number of amides is 1. The Morgan fingerprint density at radius 2 is 1.81 bits per heavy atom. The molecule has 0 radical (unpaired) electrons. The molecular weight excluding hydrogens is 268 g/mol. The van der Waals surface area contributed by atoms with Crippen molar-refractivity contribution in [3.05, 3.63) is 36.4 Å². The lowest BCUT2D eigenvalue weighted by Gasteiger charge is -2.30. The highest BCUT2D eigenvalue weighted by atomic mass is 16.5. The normalized spacial score (nSPS) is 16.1. The molecule has 0 spiro atoms. The van der Waals surface area contributed by atoms with Gasteiger partial charge in [0.15, 0.2) is 0 Å². The summed E-state index contributed by atoms with van der Waals surface area (Å²) in [5.41, 5.74) is 6.72. The number of hydrogen-bond acceptors (Lipinski definition) is 3. The number of fused-ring (bicyclic) bond motifs is 1. The summed E-state index contributed by atoms with van der Waals surface area (Å²) in [6.45, 7) is 1.04. The summed E-state index contributed by atoms with van der Waals surface area (Å²) in [5, 5.41) is 10.9. The summed E-state index contributed by atoms with van der Waals surface area (Å²) < 4.78 is 6.08. The van der Waals surface area contributed by atoms with Gasteiger partial charge in [0.2, 0.25) is 0 Å². The van der Waals surface area contributed by atoms with Gasteiger partial charge in [-0.3, -0.25) is 0 Å². The molecule has 1 heterocycles. The predicted octanol–water partition coefficient (Wildman–Crippen LogP) is 2.94. The number of nitrogens with two attached hydrogens (primary N) is 1.